The Morgan fingerprint density at radius 3 is 1.35 bits per heavy atom. The lowest BCUT2D eigenvalue weighted by atomic mass is 9.72. The fourth-order valence-corrected chi connectivity index (χ4v) is 5.05. The Hall–Kier alpha value is -1.11. The van der Waals surface area contributed by atoms with E-state index in [4.69, 9.17) is 23.2 Å². The highest BCUT2D eigenvalue weighted by Crippen LogP contribution is 2.45. The Bertz CT molecular complexity index is 772. The maximum atomic E-state index is 12.3. The van der Waals surface area contributed by atoms with Crippen LogP contribution in [0.2, 0.25) is 10.0 Å². The van der Waals surface area contributed by atoms with Crippen molar-refractivity contribution in [3.05, 3.63) is 69.7 Å². The lowest BCUT2D eigenvalue weighted by Gasteiger charge is -2.39. The van der Waals surface area contributed by atoms with Gasteiger partial charge in [0.1, 0.15) is 0 Å². The van der Waals surface area contributed by atoms with Crippen molar-refractivity contribution in [3.8, 4) is 0 Å². The molecule has 1 saturated heterocycles. The molecular formula is C16H16Cl2N2O2S. The van der Waals surface area contributed by atoms with Gasteiger partial charge in [0.15, 0.2) is 0 Å². The van der Waals surface area contributed by atoms with Gasteiger partial charge in [0, 0.05) is 10.0 Å². The second kappa shape index (κ2) is 5.46. The number of rotatable bonds is 2. The molecule has 0 unspecified atom stereocenters. The minimum Gasteiger partial charge on any atom is -0.195 e. The molecule has 4 nitrogen and oxygen atoms in total. The Morgan fingerprint density at radius 2 is 1.04 bits per heavy atom. The molecule has 0 saturated carbocycles. The van der Waals surface area contributed by atoms with E-state index in [1.807, 2.05) is 38.1 Å². The van der Waals surface area contributed by atoms with Crippen LogP contribution in [0, 0.1) is 0 Å². The molecule has 2 atom stereocenters. The summed E-state index contributed by atoms with van der Waals surface area (Å²) in [5.41, 5.74) is -0.144. The van der Waals surface area contributed by atoms with E-state index in [9.17, 15) is 8.42 Å². The van der Waals surface area contributed by atoms with Crippen LogP contribution in [0.25, 0.3) is 0 Å². The van der Waals surface area contributed by atoms with E-state index >= 15 is 0 Å². The lowest BCUT2D eigenvalue weighted by Crippen LogP contribution is -2.51. The monoisotopic (exact) mass is 370 g/mol. The van der Waals surface area contributed by atoms with E-state index < -0.39 is 21.3 Å². The molecule has 3 rings (SSSR count). The zero-order valence-corrected chi connectivity index (χ0v) is 14.9. The van der Waals surface area contributed by atoms with E-state index in [2.05, 4.69) is 9.44 Å². The molecule has 1 fully saturated rings. The largest absolute Gasteiger partial charge is 0.278 e. The summed E-state index contributed by atoms with van der Waals surface area (Å²) in [5, 5.41) is 1.19. The first-order valence-corrected chi connectivity index (χ1v) is 9.25. The number of benzene rings is 2. The first-order valence-electron chi connectivity index (χ1n) is 7.01. The van der Waals surface area contributed by atoms with Crippen LogP contribution in [0.3, 0.4) is 0 Å². The fourth-order valence-electron chi connectivity index (χ4n) is 3.03. The smallest absolute Gasteiger partial charge is 0.195 e. The van der Waals surface area contributed by atoms with Gasteiger partial charge in [-0.25, -0.2) is 0 Å². The summed E-state index contributed by atoms with van der Waals surface area (Å²) >= 11 is 11.9. The summed E-state index contributed by atoms with van der Waals surface area (Å²) in [6, 6.07) is 14.3. The highest BCUT2D eigenvalue weighted by atomic mass is 35.5. The molecule has 0 aromatic heterocycles. The molecule has 0 aliphatic carbocycles. The highest BCUT2D eigenvalue weighted by molar-refractivity contribution is 7.87. The van der Waals surface area contributed by atoms with Gasteiger partial charge < -0.3 is 0 Å². The maximum Gasteiger partial charge on any atom is 0.278 e. The van der Waals surface area contributed by atoms with Crippen molar-refractivity contribution in [2.45, 2.75) is 24.9 Å². The summed E-state index contributed by atoms with van der Waals surface area (Å²) in [4.78, 5) is 0. The molecule has 2 N–H and O–H groups in total. The second-order valence-electron chi connectivity index (χ2n) is 5.97. The van der Waals surface area contributed by atoms with Crippen molar-refractivity contribution in [2.24, 2.45) is 0 Å². The second-order valence-corrected chi connectivity index (χ2v) is 8.26. The van der Waals surface area contributed by atoms with Crippen molar-refractivity contribution in [1.82, 2.24) is 9.44 Å². The number of hydrogen-bond acceptors (Lipinski definition) is 2. The van der Waals surface area contributed by atoms with Gasteiger partial charge in [-0.05, 0) is 49.2 Å². The maximum absolute atomic E-state index is 12.3. The molecule has 0 radical (unpaired) electrons. The minimum absolute atomic E-state index is 0.597. The van der Waals surface area contributed by atoms with Gasteiger partial charge in [0.2, 0.25) is 0 Å². The van der Waals surface area contributed by atoms with Crippen molar-refractivity contribution in [1.29, 1.82) is 0 Å². The van der Waals surface area contributed by atoms with Crippen LogP contribution in [0.15, 0.2) is 48.5 Å². The van der Waals surface area contributed by atoms with Gasteiger partial charge in [-0.2, -0.15) is 17.9 Å². The van der Waals surface area contributed by atoms with Crippen LogP contribution in [0.1, 0.15) is 25.0 Å². The normalized spacial score (nSPS) is 29.6. The lowest BCUT2D eigenvalue weighted by molar-refractivity contribution is 0.254. The van der Waals surface area contributed by atoms with E-state index in [0.717, 1.165) is 11.1 Å². The topological polar surface area (TPSA) is 58.2 Å². The Morgan fingerprint density at radius 1 is 0.739 bits per heavy atom. The summed E-state index contributed by atoms with van der Waals surface area (Å²) in [6.07, 6.45) is 0. The van der Waals surface area contributed by atoms with Crippen molar-refractivity contribution in [3.63, 3.8) is 0 Å². The third-order valence-corrected chi connectivity index (χ3v) is 6.38. The van der Waals surface area contributed by atoms with Crippen LogP contribution in [-0.4, -0.2) is 8.42 Å². The summed E-state index contributed by atoms with van der Waals surface area (Å²) in [5.74, 6) is 0. The van der Waals surface area contributed by atoms with Crippen LogP contribution in [0.4, 0.5) is 0 Å². The summed E-state index contributed by atoms with van der Waals surface area (Å²) in [7, 11) is -3.64. The number of hydrogen-bond donors (Lipinski definition) is 2. The van der Waals surface area contributed by atoms with Crippen LogP contribution < -0.4 is 9.44 Å². The van der Waals surface area contributed by atoms with E-state index in [1.165, 1.54) is 0 Å². The fraction of sp³-hybridized carbons (Fsp3) is 0.250. The van der Waals surface area contributed by atoms with Gasteiger partial charge in [0.05, 0.1) is 11.1 Å². The molecule has 1 aliphatic heterocycles. The molecule has 1 aliphatic rings. The quantitative estimate of drug-likeness (QED) is 0.848. The minimum atomic E-state index is -3.64. The molecule has 1 heterocycles. The van der Waals surface area contributed by atoms with Gasteiger partial charge in [-0.1, -0.05) is 47.5 Å². The Balaban J connectivity index is 2.19. The van der Waals surface area contributed by atoms with E-state index in [1.54, 1.807) is 24.3 Å². The van der Waals surface area contributed by atoms with Crippen LogP contribution in [0.5, 0.6) is 0 Å². The highest BCUT2D eigenvalue weighted by Gasteiger charge is 2.56. The average molecular weight is 371 g/mol. The molecule has 122 valence electrons. The predicted molar refractivity (Wildman–Crippen MR) is 92.8 cm³/mol. The first-order chi connectivity index (χ1) is 10.7. The van der Waals surface area contributed by atoms with Crippen molar-refractivity contribution < 1.29 is 8.42 Å². The molecule has 2 aromatic carbocycles. The van der Waals surface area contributed by atoms with Gasteiger partial charge in [-0.3, -0.25) is 0 Å². The first kappa shape index (κ1) is 16.7. The Kier molecular flexibility index (Phi) is 3.98. The third-order valence-electron chi connectivity index (χ3n) is 4.52. The van der Waals surface area contributed by atoms with Crippen molar-refractivity contribution >= 4 is 33.4 Å². The molecule has 2 aromatic rings. The summed E-state index contributed by atoms with van der Waals surface area (Å²) < 4.78 is 30.0. The van der Waals surface area contributed by atoms with Gasteiger partial charge in [-0.15, -0.1) is 0 Å². The van der Waals surface area contributed by atoms with Gasteiger partial charge in [0.25, 0.3) is 10.2 Å². The SMILES string of the molecule is C[C@@]1(c2ccc(Cl)cc2)NS(=O)(=O)N[C@]1(C)c1ccc(Cl)cc1. The van der Waals surface area contributed by atoms with E-state index in [-0.39, 0.29) is 0 Å². The third kappa shape index (κ3) is 2.77. The Labute approximate surface area is 146 Å². The predicted octanol–water partition coefficient (Wildman–Crippen LogP) is 3.56. The standard InChI is InChI=1S/C16H16Cl2N2O2S/c1-15(11-3-7-13(17)8-4-11)16(2,20-23(21,22)19-15)12-5-9-14(18)10-6-12/h3-10,19-20H,1-2H3/t15-,16+. The molecule has 0 bridgehead atoms. The number of halogens is 2. The molecular weight excluding hydrogens is 355 g/mol. The van der Waals surface area contributed by atoms with Crippen molar-refractivity contribution in [2.75, 3.05) is 0 Å². The van der Waals surface area contributed by atoms with Crippen LogP contribution >= 0.6 is 23.2 Å². The van der Waals surface area contributed by atoms with Gasteiger partial charge >= 0.3 is 0 Å². The molecule has 0 spiro atoms. The number of nitrogens with one attached hydrogen (secondary N) is 2. The zero-order chi connectivity index (χ0) is 16.9. The average Bonchev–Trinajstić information content (AvgIpc) is 2.66. The molecule has 7 heteroatoms. The van der Waals surface area contributed by atoms with Crippen LogP contribution in [-0.2, 0) is 21.3 Å². The molecule has 0 amide bonds. The summed E-state index contributed by atoms with van der Waals surface area (Å²) in [6.45, 7) is 3.70. The zero-order valence-electron chi connectivity index (χ0n) is 12.6. The van der Waals surface area contributed by atoms with E-state index in [0.29, 0.717) is 10.0 Å². The molecule has 23 heavy (non-hydrogen) atoms.